The van der Waals surface area contributed by atoms with Gasteiger partial charge in [0.25, 0.3) is 0 Å². The van der Waals surface area contributed by atoms with Gasteiger partial charge in [0.05, 0.1) is 19.8 Å². The van der Waals surface area contributed by atoms with Crippen LogP contribution in [0, 0.1) is 0 Å². The fourth-order valence-corrected chi connectivity index (χ4v) is 0.768. The third kappa shape index (κ3) is 9.40. The minimum atomic E-state index is 0.111. The molecule has 70 valence electrons. The Labute approximate surface area is 74.6 Å². The Morgan fingerprint density at radius 1 is 1.08 bits per heavy atom. The predicted octanol–water partition coefficient (Wildman–Crippen LogP) is 1.91. The van der Waals surface area contributed by atoms with E-state index in [0.29, 0.717) is 13.2 Å². The van der Waals surface area contributed by atoms with Crippen molar-refractivity contribution in [3.63, 3.8) is 0 Å². The van der Waals surface area contributed by atoms with Gasteiger partial charge in [-0.3, -0.25) is 0 Å². The molecule has 0 aromatic carbocycles. The van der Waals surface area contributed by atoms with Crippen LogP contribution in [0.1, 0.15) is 19.3 Å². The molecule has 0 atom stereocenters. The molecular formula is C10H18O2. The zero-order valence-electron chi connectivity index (χ0n) is 7.54. The van der Waals surface area contributed by atoms with Crippen molar-refractivity contribution in [2.45, 2.75) is 19.3 Å². The average Bonchev–Trinajstić information content (AvgIpc) is 2.10. The lowest BCUT2D eigenvalue weighted by molar-refractivity contribution is 0.0955. The highest BCUT2D eigenvalue weighted by molar-refractivity contribution is 4.84. The Morgan fingerprint density at radius 2 is 1.83 bits per heavy atom. The van der Waals surface area contributed by atoms with Crippen molar-refractivity contribution in [3.05, 3.63) is 24.8 Å². The molecule has 0 unspecified atom stereocenters. The van der Waals surface area contributed by atoms with Crippen molar-refractivity contribution >= 4 is 0 Å². The van der Waals surface area contributed by atoms with Gasteiger partial charge in [-0.25, -0.2) is 0 Å². The fraction of sp³-hybridized carbons (Fsp3) is 0.600. The van der Waals surface area contributed by atoms with Gasteiger partial charge in [0.15, 0.2) is 0 Å². The van der Waals surface area contributed by atoms with E-state index in [1.165, 1.54) is 0 Å². The lowest BCUT2D eigenvalue weighted by atomic mass is 10.2. The van der Waals surface area contributed by atoms with Gasteiger partial charge in [-0.2, -0.15) is 0 Å². The van der Waals surface area contributed by atoms with Crippen molar-refractivity contribution in [3.8, 4) is 0 Å². The highest BCUT2D eigenvalue weighted by Crippen LogP contribution is 1.93. The van der Waals surface area contributed by atoms with Gasteiger partial charge >= 0.3 is 0 Å². The van der Waals surface area contributed by atoms with Crippen LogP contribution in [0.25, 0.3) is 0 Å². The minimum Gasteiger partial charge on any atom is -0.394 e. The molecule has 0 bridgehead atoms. The van der Waals surface area contributed by atoms with Gasteiger partial charge in [0, 0.05) is 0 Å². The van der Waals surface area contributed by atoms with E-state index in [9.17, 15) is 0 Å². The maximum Gasteiger partial charge on any atom is 0.0697 e. The summed E-state index contributed by atoms with van der Waals surface area (Å²) in [5.74, 6) is 0. The molecule has 0 spiro atoms. The van der Waals surface area contributed by atoms with Crippen LogP contribution in [0.4, 0.5) is 0 Å². The van der Waals surface area contributed by atoms with Crippen LogP contribution >= 0.6 is 0 Å². The molecule has 0 fully saturated rings. The van der Waals surface area contributed by atoms with Crippen LogP contribution in [0.2, 0.25) is 0 Å². The largest absolute Gasteiger partial charge is 0.394 e. The first-order chi connectivity index (χ1) is 5.91. The standard InChI is InChI=1S/C10H18O2/c1-2-3-4-5-6-7-9-12-10-8-11/h2,5-6,11H,1,3-4,7-10H2/b6-5+. The summed E-state index contributed by atoms with van der Waals surface area (Å²) in [4.78, 5) is 0. The van der Waals surface area contributed by atoms with Gasteiger partial charge in [-0.1, -0.05) is 18.2 Å². The maximum atomic E-state index is 8.38. The van der Waals surface area contributed by atoms with Crippen LogP contribution in [0.3, 0.4) is 0 Å². The summed E-state index contributed by atoms with van der Waals surface area (Å²) in [6.45, 7) is 4.89. The zero-order valence-corrected chi connectivity index (χ0v) is 7.54. The van der Waals surface area contributed by atoms with Crippen LogP contribution < -0.4 is 0 Å². The lowest BCUT2D eigenvalue weighted by Gasteiger charge is -1.96. The number of unbranched alkanes of at least 4 members (excludes halogenated alkanes) is 1. The van der Waals surface area contributed by atoms with Crippen LogP contribution in [-0.4, -0.2) is 24.9 Å². The first-order valence-corrected chi connectivity index (χ1v) is 4.36. The normalized spacial score (nSPS) is 10.8. The van der Waals surface area contributed by atoms with Crippen LogP contribution in [0.15, 0.2) is 24.8 Å². The molecule has 0 heterocycles. The van der Waals surface area contributed by atoms with Crippen LogP contribution in [-0.2, 0) is 4.74 Å². The zero-order chi connectivity index (χ0) is 9.07. The number of aliphatic hydroxyl groups is 1. The second-order valence-corrected chi connectivity index (χ2v) is 2.46. The smallest absolute Gasteiger partial charge is 0.0697 e. The van der Waals surface area contributed by atoms with Gasteiger partial charge in [-0.05, 0) is 19.3 Å². The van der Waals surface area contributed by atoms with E-state index in [4.69, 9.17) is 9.84 Å². The van der Waals surface area contributed by atoms with Crippen molar-refractivity contribution < 1.29 is 9.84 Å². The third-order valence-corrected chi connectivity index (χ3v) is 1.37. The molecule has 0 saturated carbocycles. The quantitative estimate of drug-likeness (QED) is 0.445. The SMILES string of the molecule is C=CCC/C=C/CCOCCO. The molecule has 0 rings (SSSR count). The fourth-order valence-electron chi connectivity index (χ4n) is 0.768. The Bertz CT molecular complexity index is 119. The molecule has 0 radical (unpaired) electrons. The van der Waals surface area contributed by atoms with E-state index in [1.807, 2.05) is 6.08 Å². The monoisotopic (exact) mass is 170 g/mol. The number of allylic oxidation sites excluding steroid dienone is 2. The summed E-state index contributed by atoms with van der Waals surface area (Å²) >= 11 is 0. The molecule has 2 nitrogen and oxygen atoms in total. The molecule has 0 amide bonds. The second-order valence-electron chi connectivity index (χ2n) is 2.46. The molecule has 2 heteroatoms. The number of hydrogen-bond donors (Lipinski definition) is 1. The number of aliphatic hydroxyl groups excluding tert-OH is 1. The Kier molecular flexibility index (Phi) is 9.88. The second kappa shape index (κ2) is 10.4. The highest BCUT2D eigenvalue weighted by Gasteiger charge is 1.82. The van der Waals surface area contributed by atoms with E-state index in [2.05, 4.69) is 18.7 Å². The van der Waals surface area contributed by atoms with Crippen molar-refractivity contribution in [2.24, 2.45) is 0 Å². The topological polar surface area (TPSA) is 29.5 Å². The summed E-state index contributed by atoms with van der Waals surface area (Å²) in [6, 6.07) is 0. The summed E-state index contributed by atoms with van der Waals surface area (Å²) in [5, 5.41) is 8.38. The highest BCUT2D eigenvalue weighted by atomic mass is 16.5. The van der Waals surface area contributed by atoms with Crippen molar-refractivity contribution in [2.75, 3.05) is 19.8 Å². The number of ether oxygens (including phenoxy) is 1. The maximum absolute atomic E-state index is 8.38. The first-order valence-electron chi connectivity index (χ1n) is 4.36. The third-order valence-electron chi connectivity index (χ3n) is 1.37. The van der Waals surface area contributed by atoms with E-state index in [-0.39, 0.29) is 6.61 Å². The lowest BCUT2D eigenvalue weighted by Crippen LogP contribution is -1.99. The van der Waals surface area contributed by atoms with Crippen molar-refractivity contribution in [1.82, 2.24) is 0 Å². The number of hydrogen-bond acceptors (Lipinski definition) is 2. The number of rotatable bonds is 8. The molecular weight excluding hydrogens is 152 g/mol. The van der Waals surface area contributed by atoms with E-state index >= 15 is 0 Å². The van der Waals surface area contributed by atoms with Gasteiger partial charge in [0.2, 0.25) is 0 Å². The summed E-state index contributed by atoms with van der Waals surface area (Å²) in [6.07, 6.45) is 9.16. The molecule has 0 aliphatic heterocycles. The predicted molar refractivity (Wildman–Crippen MR) is 51.1 cm³/mol. The van der Waals surface area contributed by atoms with Gasteiger partial charge in [0.1, 0.15) is 0 Å². The van der Waals surface area contributed by atoms with E-state index < -0.39 is 0 Å². The van der Waals surface area contributed by atoms with E-state index in [0.717, 1.165) is 19.3 Å². The average molecular weight is 170 g/mol. The molecule has 0 aliphatic carbocycles. The van der Waals surface area contributed by atoms with Gasteiger partial charge in [-0.15, -0.1) is 6.58 Å². The Hall–Kier alpha value is -0.600. The first kappa shape index (κ1) is 11.4. The Morgan fingerprint density at radius 3 is 2.50 bits per heavy atom. The summed E-state index contributed by atoms with van der Waals surface area (Å²) < 4.78 is 5.07. The van der Waals surface area contributed by atoms with Gasteiger partial charge < -0.3 is 9.84 Å². The molecule has 0 saturated heterocycles. The van der Waals surface area contributed by atoms with Crippen molar-refractivity contribution in [1.29, 1.82) is 0 Å². The Balaban J connectivity index is 2.97. The van der Waals surface area contributed by atoms with Crippen LogP contribution in [0.5, 0.6) is 0 Å². The minimum absolute atomic E-state index is 0.111. The molecule has 0 aromatic heterocycles. The molecule has 12 heavy (non-hydrogen) atoms. The summed E-state index contributed by atoms with van der Waals surface area (Å²) in [7, 11) is 0. The molecule has 0 aliphatic rings. The van der Waals surface area contributed by atoms with E-state index in [1.54, 1.807) is 0 Å². The molecule has 0 aromatic rings. The summed E-state index contributed by atoms with van der Waals surface area (Å²) in [5.41, 5.74) is 0. The molecule has 1 N–H and O–H groups in total.